The number of likely N-dealkylation sites (tertiary alicyclic amines) is 1. The maximum absolute atomic E-state index is 12.4. The van der Waals surface area contributed by atoms with Crippen LogP contribution in [0.15, 0.2) is 48.5 Å². The molecular weight excluding hydrogens is 336 g/mol. The zero-order chi connectivity index (χ0) is 19.1. The van der Waals surface area contributed by atoms with E-state index in [1.807, 2.05) is 30.3 Å². The lowest BCUT2D eigenvalue weighted by Gasteiger charge is -2.31. The van der Waals surface area contributed by atoms with Crippen LogP contribution in [-0.4, -0.2) is 31.0 Å². The Labute approximate surface area is 162 Å². The molecule has 0 radical (unpaired) electrons. The molecule has 0 bridgehead atoms. The van der Waals surface area contributed by atoms with Crippen LogP contribution in [0, 0.1) is 5.92 Å². The molecule has 144 valence electrons. The highest BCUT2D eigenvalue weighted by molar-refractivity contribution is 5.78. The van der Waals surface area contributed by atoms with Crippen LogP contribution >= 0.6 is 0 Å². The third kappa shape index (κ3) is 5.83. The maximum Gasteiger partial charge on any atom is 0.224 e. The number of hydrogen-bond acceptors (Lipinski definition) is 3. The van der Waals surface area contributed by atoms with Gasteiger partial charge in [0.05, 0.1) is 13.5 Å². The summed E-state index contributed by atoms with van der Waals surface area (Å²) >= 11 is 0. The molecule has 0 unspecified atom stereocenters. The van der Waals surface area contributed by atoms with Crippen molar-refractivity contribution in [2.75, 3.05) is 20.2 Å². The van der Waals surface area contributed by atoms with Gasteiger partial charge in [-0.05, 0) is 54.1 Å². The van der Waals surface area contributed by atoms with E-state index in [-0.39, 0.29) is 5.91 Å². The molecule has 1 aliphatic rings. The van der Waals surface area contributed by atoms with Gasteiger partial charge in [-0.2, -0.15) is 0 Å². The van der Waals surface area contributed by atoms with E-state index in [1.54, 1.807) is 7.11 Å². The smallest absolute Gasteiger partial charge is 0.224 e. The van der Waals surface area contributed by atoms with Crippen LogP contribution in [0.25, 0.3) is 0 Å². The number of carbonyl (C=O) groups excluding carboxylic acids is 1. The average molecular weight is 367 g/mol. The van der Waals surface area contributed by atoms with E-state index in [1.165, 1.54) is 30.5 Å². The van der Waals surface area contributed by atoms with Crippen molar-refractivity contribution in [1.82, 2.24) is 10.2 Å². The van der Waals surface area contributed by atoms with Crippen molar-refractivity contribution in [1.29, 1.82) is 0 Å². The van der Waals surface area contributed by atoms with E-state index in [0.717, 1.165) is 30.3 Å². The summed E-state index contributed by atoms with van der Waals surface area (Å²) in [7, 11) is 1.64. The summed E-state index contributed by atoms with van der Waals surface area (Å²) in [5, 5.41) is 3.07. The molecule has 3 rings (SSSR count). The molecule has 4 heteroatoms. The molecule has 4 nitrogen and oxygen atoms in total. The predicted octanol–water partition coefficient (Wildman–Crippen LogP) is 3.79. The third-order valence-corrected chi connectivity index (χ3v) is 5.23. The lowest BCUT2D eigenvalue weighted by molar-refractivity contribution is -0.120. The number of nitrogens with one attached hydrogen (secondary N) is 1. The fourth-order valence-corrected chi connectivity index (χ4v) is 3.78. The highest BCUT2D eigenvalue weighted by Gasteiger charge is 2.17. The molecule has 0 saturated carbocycles. The summed E-state index contributed by atoms with van der Waals surface area (Å²) in [6, 6.07) is 16.1. The molecule has 2 aromatic carbocycles. The summed E-state index contributed by atoms with van der Waals surface area (Å²) in [4.78, 5) is 14.9. The van der Waals surface area contributed by atoms with Crippen LogP contribution < -0.4 is 10.1 Å². The fourth-order valence-electron chi connectivity index (χ4n) is 3.78. The van der Waals surface area contributed by atoms with Gasteiger partial charge in [0.15, 0.2) is 0 Å². The van der Waals surface area contributed by atoms with Gasteiger partial charge in [0.2, 0.25) is 5.91 Å². The van der Waals surface area contributed by atoms with E-state index < -0.39 is 0 Å². The van der Waals surface area contributed by atoms with Crippen LogP contribution in [0.1, 0.15) is 36.5 Å². The largest absolute Gasteiger partial charge is 0.497 e. The van der Waals surface area contributed by atoms with Crippen molar-refractivity contribution in [2.24, 2.45) is 5.92 Å². The molecule has 0 aromatic heterocycles. The first kappa shape index (κ1) is 19.4. The van der Waals surface area contributed by atoms with Crippen molar-refractivity contribution in [3.05, 3.63) is 65.2 Å². The standard InChI is InChI=1S/C23H30N2O2/c1-18-7-6-12-25(16-18)17-21-10-4-3-9-20(21)15-24-23(26)14-19-8-5-11-22(13-19)27-2/h3-5,8-11,13,18H,6-7,12,14-17H2,1-2H3,(H,24,26)/t18-/m1/s1. The molecule has 0 aliphatic carbocycles. The van der Waals surface area contributed by atoms with E-state index in [9.17, 15) is 4.79 Å². The number of ether oxygens (including phenoxy) is 1. The second-order valence-corrected chi connectivity index (χ2v) is 7.56. The Bertz CT molecular complexity index is 760. The number of carbonyl (C=O) groups is 1. The molecule has 2 aromatic rings. The summed E-state index contributed by atoms with van der Waals surface area (Å²) in [5.74, 6) is 1.58. The Balaban J connectivity index is 1.56. The predicted molar refractivity (Wildman–Crippen MR) is 109 cm³/mol. The first-order valence-corrected chi connectivity index (χ1v) is 9.83. The number of amides is 1. The normalized spacial score (nSPS) is 17.5. The highest BCUT2D eigenvalue weighted by atomic mass is 16.5. The van der Waals surface area contributed by atoms with Crippen LogP contribution in [0.4, 0.5) is 0 Å². The fraction of sp³-hybridized carbons (Fsp3) is 0.435. The number of rotatable bonds is 7. The molecule has 1 heterocycles. The van der Waals surface area contributed by atoms with Gasteiger partial charge in [0, 0.05) is 19.6 Å². The van der Waals surface area contributed by atoms with Gasteiger partial charge in [0.25, 0.3) is 0 Å². The molecule has 1 atom stereocenters. The van der Waals surface area contributed by atoms with E-state index in [0.29, 0.717) is 13.0 Å². The number of hydrogen-bond donors (Lipinski definition) is 1. The van der Waals surface area contributed by atoms with Crippen molar-refractivity contribution in [2.45, 2.75) is 39.3 Å². The number of methoxy groups -OCH3 is 1. The minimum atomic E-state index is 0.0321. The van der Waals surface area contributed by atoms with Crippen LogP contribution in [0.2, 0.25) is 0 Å². The Morgan fingerprint density at radius 1 is 1.19 bits per heavy atom. The zero-order valence-corrected chi connectivity index (χ0v) is 16.4. The molecule has 1 fully saturated rings. The molecule has 1 amide bonds. The number of benzene rings is 2. The first-order valence-electron chi connectivity index (χ1n) is 9.83. The van der Waals surface area contributed by atoms with Crippen molar-refractivity contribution in [3.8, 4) is 5.75 Å². The van der Waals surface area contributed by atoms with Crippen LogP contribution in [-0.2, 0) is 24.3 Å². The van der Waals surface area contributed by atoms with Gasteiger partial charge >= 0.3 is 0 Å². The van der Waals surface area contributed by atoms with Gasteiger partial charge in [-0.15, -0.1) is 0 Å². The van der Waals surface area contributed by atoms with Gasteiger partial charge in [-0.25, -0.2) is 0 Å². The van der Waals surface area contributed by atoms with Crippen molar-refractivity contribution < 1.29 is 9.53 Å². The average Bonchev–Trinajstić information content (AvgIpc) is 2.67. The minimum absolute atomic E-state index is 0.0321. The molecule has 1 saturated heterocycles. The Hall–Kier alpha value is -2.33. The Morgan fingerprint density at radius 2 is 2.00 bits per heavy atom. The third-order valence-electron chi connectivity index (χ3n) is 5.23. The van der Waals surface area contributed by atoms with Gasteiger partial charge in [-0.3, -0.25) is 9.69 Å². The van der Waals surface area contributed by atoms with E-state index in [4.69, 9.17) is 4.74 Å². The summed E-state index contributed by atoms with van der Waals surface area (Å²) < 4.78 is 5.22. The maximum atomic E-state index is 12.4. The number of piperidine rings is 1. The molecule has 1 aliphatic heterocycles. The Kier molecular flexibility index (Phi) is 6.88. The highest BCUT2D eigenvalue weighted by Crippen LogP contribution is 2.19. The van der Waals surface area contributed by atoms with Gasteiger partial charge < -0.3 is 10.1 Å². The molecule has 0 spiro atoms. The minimum Gasteiger partial charge on any atom is -0.497 e. The summed E-state index contributed by atoms with van der Waals surface area (Å²) in [5.41, 5.74) is 3.48. The number of nitrogens with zero attached hydrogens (tertiary/aromatic N) is 1. The van der Waals surface area contributed by atoms with Crippen molar-refractivity contribution >= 4 is 5.91 Å². The quantitative estimate of drug-likeness (QED) is 0.811. The van der Waals surface area contributed by atoms with Crippen LogP contribution in [0.5, 0.6) is 5.75 Å². The first-order chi connectivity index (χ1) is 13.1. The SMILES string of the molecule is COc1cccc(CC(=O)NCc2ccccc2CN2CCC[C@@H](C)C2)c1. The lowest BCUT2D eigenvalue weighted by Crippen LogP contribution is -2.34. The molecular formula is C23H30N2O2. The van der Waals surface area contributed by atoms with Crippen molar-refractivity contribution in [3.63, 3.8) is 0 Å². The lowest BCUT2D eigenvalue weighted by atomic mass is 9.99. The van der Waals surface area contributed by atoms with Gasteiger partial charge in [-0.1, -0.05) is 43.3 Å². The topological polar surface area (TPSA) is 41.6 Å². The zero-order valence-electron chi connectivity index (χ0n) is 16.4. The monoisotopic (exact) mass is 366 g/mol. The van der Waals surface area contributed by atoms with Crippen LogP contribution in [0.3, 0.4) is 0 Å². The molecule has 27 heavy (non-hydrogen) atoms. The van der Waals surface area contributed by atoms with E-state index in [2.05, 4.69) is 35.3 Å². The van der Waals surface area contributed by atoms with E-state index >= 15 is 0 Å². The Morgan fingerprint density at radius 3 is 2.78 bits per heavy atom. The molecule has 1 N–H and O–H groups in total. The van der Waals surface area contributed by atoms with Gasteiger partial charge in [0.1, 0.15) is 5.75 Å². The second kappa shape index (κ2) is 9.56. The summed E-state index contributed by atoms with van der Waals surface area (Å²) in [6.45, 7) is 6.20. The summed E-state index contributed by atoms with van der Waals surface area (Å²) in [6.07, 6.45) is 2.97. The second-order valence-electron chi connectivity index (χ2n) is 7.56.